The molecule has 3 atom stereocenters. The second-order valence-corrected chi connectivity index (χ2v) is 9.67. The summed E-state index contributed by atoms with van der Waals surface area (Å²) in [4.78, 5) is 25.6. The second kappa shape index (κ2) is 10.4. The molecule has 2 aromatic carbocycles. The minimum absolute atomic E-state index is 0.0688. The number of carbonyl (C=O) groups is 2. The van der Waals surface area contributed by atoms with E-state index >= 15 is 0 Å². The van der Waals surface area contributed by atoms with Gasteiger partial charge in [-0.3, -0.25) is 9.59 Å². The normalized spacial score (nSPS) is 14.7. The monoisotopic (exact) mass is 409 g/mol. The summed E-state index contributed by atoms with van der Waals surface area (Å²) >= 11 is 0. The van der Waals surface area contributed by atoms with Gasteiger partial charge >= 0.3 is 5.97 Å². The number of rotatable bonds is 9. The van der Waals surface area contributed by atoms with Gasteiger partial charge in [-0.15, -0.1) is 0 Å². The maximum absolute atomic E-state index is 13.2. The van der Waals surface area contributed by atoms with Gasteiger partial charge in [-0.1, -0.05) is 83.1 Å². The van der Waals surface area contributed by atoms with Crippen molar-refractivity contribution in [1.82, 2.24) is 0 Å². The Morgan fingerprint density at radius 3 is 1.90 bits per heavy atom. The summed E-state index contributed by atoms with van der Waals surface area (Å²) in [5.41, 5.74) is 1.64. The molecule has 30 heavy (non-hydrogen) atoms. The molecule has 1 amide bonds. The van der Waals surface area contributed by atoms with Crippen LogP contribution in [0.15, 0.2) is 60.7 Å². The molecule has 0 aliphatic carbocycles. The number of para-hydroxylation sites is 1. The van der Waals surface area contributed by atoms with Crippen LogP contribution in [0.2, 0.25) is 0 Å². The highest BCUT2D eigenvalue weighted by atomic mass is 16.4. The third-order valence-electron chi connectivity index (χ3n) is 5.55. The van der Waals surface area contributed by atoms with Gasteiger partial charge < -0.3 is 10.4 Å². The van der Waals surface area contributed by atoms with Crippen LogP contribution in [0.25, 0.3) is 0 Å². The van der Waals surface area contributed by atoms with Crippen molar-refractivity contribution >= 4 is 17.6 Å². The minimum Gasteiger partial charge on any atom is -0.481 e. The van der Waals surface area contributed by atoms with Gasteiger partial charge in [0.15, 0.2) is 0 Å². The molecule has 2 rings (SSSR count). The van der Waals surface area contributed by atoms with Crippen molar-refractivity contribution in [3.8, 4) is 0 Å². The fourth-order valence-corrected chi connectivity index (χ4v) is 4.04. The van der Waals surface area contributed by atoms with Gasteiger partial charge in [0.05, 0.1) is 11.8 Å². The molecule has 4 heteroatoms. The molecule has 0 bridgehead atoms. The van der Waals surface area contributed by atoms with Gasteiger partial charge in [-0.2, -0.15) is 0 Å². The summed E-state index contributed by atoms with van der Waals surface area (Å²) in [5.74, 6) is -2.18. The fraction of sp³-hybridized carbons (Fsp3) is 0.462. The van der Waals surface area contributed by atoms with Gasteiger partial charge in [0.2, 0.25) is 5.91 Å². The number of carboxylic acid groups (broad SMARTS) is 1. The molecule has 3 unspecified atom stereocenters. The van der Waals surface area contributed by atoms with E-state index in [9.17, 15) is 14.7 Å². The predicted molar refractivity (Wildman–Crippen MR) is 122 cm³/mol. The average molecular weight is 410 g/mol. The van der Waals surface area contributed by atoms with E-state index in [1.165, 1.54) is 0 Å². The van der Waals surface area contributed by atoms with Gasteiger partial charge in [-0.25, -0.2) is 0 Å². The van der Waals surface area contributed by atoms with Crippen LogP contribution in [0, 0.1) is 23.2 Å². The van der Waals surface area contributed by atoms with Gasteiger partial charge in [0, 0.05) is 5.69 Å². The molecule has 0 heterocycles. The smallest absolute Gasteiger partial charge is 0.307 e. The highest BCUT2D eigenvalue weighted by Gasteiger charge is 2.38. The first kappa shape index (κ1) is 23.7. The Balaban J connectivity index is 2.35. The van der Waals surface area contributed by atoms with Gasteiger partial charge in [0.25, 0.3) is 0 Å². The molecule has 0 saturated carbocycles. The lowest BCUT2D eigenvalue weighted by Gasteiger charge is -2.32. The van der Waals surface area contributed by atoms with Crippen molar-refractivity contribution < 1.29 is 14.7 Å². The van der Waals surface area contributed by atoms with E-state index in [4.69, 9.17) is 0 Å². The standard InChI is InChI=1S/C26H35NO3/c1-18(2)21(19-12-8-6-9-13-19)16-22(25(29)30)23(17-26(3,4)5)24(28)27-20-14-10-7-11-15-20/h6-15,18,21-23H,16-17H2,1-5H3,(H,27,28)(H,29,30). The van der Waals surface area contributed by atoms with Crippen molar-refractivity contribution in [3.05, 3.63) is 66.2 Å². The number of hydrogen-bond donors (Lipinski definition) is 2. The van der Waals surface area contributed by atoms with Crippen molar-refractivity contribution in [1.29, 1.82) is 0 Å². The molecule has 0 aliphatic rings. The zero-order chi connectivity index (χ0) is 22.3. The molecule has 0 radical (unpaired) electrons. The minimum atomic E-state index is -0.908. The molecule has 2 aromatic rings. The Hall–Kier alpha value is -2.62. The molecule has 4 nitrogen and oxygen atoms in total. The van der Waals surface area contributed by atoms with Crippen LogP contribution in [-0.4, -0.2) is 17.0 Å². The van der Waals surface area contributed by atoms with E-state index in [-0.39, 0.29) is 23.2 Å². The third-order valence-corrected chi connectivity index (χ3v) is 5.55. The maximum Gasteiger partial charge on any atom is 0.307 e. The number of hydrogen-bond acceptors (Lipinski definition) is 2. The van der Waals surface area contributed by atoms with Crippen molar-refractivity contribution in [2.45, 2.75) is 53.4 Å². The molecule has 0 spiro atoms. The molecular weight excluding hydrogens is 374 g/mol. The Morgan fingerprint density at radius 1 is 0.900 bits per heavy atom. The third kappa shape index (κ3) is 7.01. The quantitative estimate of drug-likeness (QED) is 0.517. The summed E-state index contributed by atoms with van der Waals surface area (Å²) in [6.45, 7) is 10.4. The van der Waals surface area contributed by atoms with Crippen LogP contribution < -0.4 is 5.32 Å². The van der Waals surface area contributed by atoms with E-state index in [0.29, 0.717) is 18.5 Å². The lowest BCUT2D eigenvalue weighted by molar-refractivity contribution is -0.147. The number of anilines is 1. The van der Waals surface area contributed by atoms with E-state index < -0.39 is 17.8 Å². The lowest BCUT2D eigenvalue weighted by atomic mass is 9.72. The van der Waals surface area contributed by atoms with Crippen LogP contribution in [0.5, 0.6) is 0 Å². The number of carboxylic acids is 1. The van der Waals surface area contributed by atoms with E-state index in [1.54, 1.807) is 0 Å². The Bertz CT molecular complexity index is 809. The molecule has 0 fully saturated rings. The number of amides is 1. The van der Waals surface area contributed by atoms with Gasteiger partial charge in [-0.05, 0) is 47.8 Å². The van der Waals surface area contributed by atoms with Crippen molar-refractivity contribution in [2.75, 3.05) is 5.32 Å². The molecule has 0 saturated heterocycles. The average Bonchev–Trinajstić information content (AvgIpc) is 2.67. The predicted octanol–water partition coefficient (Wildman–Crippen LogP) is 6.21. The molecule has 0 aliphatic heterocycles. The van der Waals surface area contributed by atoms with E-state index in [1.807, 2.05) is 81.4 Å². The number of benzene rings is 2. The van der Waals surface area contributed by atoms with Crippen LogP contribution in [0.3, 0.4) is 0 Å². The topological polar surface area (TPSA) is 66.4 Å². The number of carbonyl (C=O) groups excluding carboxylic acids is 1. The molecule has 0 aromatic heterocycles. The first-order valence-corrected chi connectivity index (χ1v) is 10.7. The summed E-state index contributed by atoms with van der Waals surface area (Å²) in [5, 5.41) is 13.1. The largest absolute Gasteiger partial charge is 0.481 e. The van der Waals surface area contributed by atoms with Crippen LogP contribution >= 0.6 is 0 Å². The zero-order valence-corrected chi connectivity index (χ0v) is 18.8. The zero-order valence-electron chi connectivity index (χ0n) is 18.8. The number of aliphatic carboxylic acids is 1. The van der Waals surface area contributed by atoms with Gasteiger partial charge in [0.1, 0.15) is 0 Å². The Labute approximate surface area is 180 Å². The lowest BCUT2D eigenvalue weighted by Crippen LogP contribution is -2.37. The number of nitrogens with one attached hydrogen (secondary N) is 1. The molecule has 2 N–H and O–H groups in total. The van der Waals surface area contributed by atoms with Crippen molar-refractivity contribution in [3.63, 3.8) is 0 Å². The first-order chi connectivity index (χ1) is 14.1. The van der Waals surface area contributed by atoms with E-state index in [2.05, 4.69) is 19.2 Å². The second-order valence-electron chi connectivity index (χ2n) is 9.67. The molecular formula is C26H35NO3. The SMILES string of the molecule is CC(C)C(CC(C(=O)O)C(CC(C)(C)C)C(=O)Nc1ccccc1)c1ccccc1. The summed E-state index contributed by atoms with van der Waals surface area (Å²) in [7, 11) is 0. The highest BCUT2D eigenvalue weighted by Crippen LogP contribution is 2.38. The summed E-state index contributed by atoms with van der Waals surface area (Å²) in [6.07, 6.45) is 0.933. The van der Waals surface area contributed by atoms with Crippen LogP contribution in [-0.2, 0) is 9.59 Å². The van der Waals surface area contributed by atoms with Crippen LogP contribution in [0.4, 0.5) is 5.69 Å². The summed E-state index contributed by atoms with van der Waals surface area (Å²) < 4.78 is 0. The van der Waals surface area contributed by atoms with Crippen LogP contribution in [0.1, 0.15) is 58.9 Å². The molecule has 162 valence electrons. The Kier molecular flexibility index (Phi) is 8.22. The Morgan fingerprint density at radius 2 is 1.43 bits per heavy atom. The highest BCUT2D eigenvalue weighted by molar-refractivity contribution is 5.95. The van der Waals surface area contributed by atoms with Crippen molar-refractivity contribution in [2.24, 2.45) is 23.2 Å². The fourth-order valence-electron chi connectivity index (χ4n) is 4.04. The maximum atomic E-state index is 13.2. The first-order valence-electron chi connectivity index (χ1n) is 10.7. The summed E-state index contributed by atoms with van der Waals surface area (Å²) in [6, 6.07) is 19.3. The van der Waals surface area contributed by atoms with E-state index in [0.717, 1.165) is 5.56 Å².